The maximum atomic E-state index is 8.43. The largest absolute Gasteiger partial charge is 0.409 e. The van der Waals surface area contributed by atoms with Crippen LogP contribution in [0.1, 0.15) is 48.6 Å². The van der Waals surface area contributed by atoms with E-state index in [0.717, 1.165) is 19.4 Å². The van der Waals surface area contributed by atoms with E-state index in [1.165, 1.54) is 24.8 Å². The van der Waals surface area contributed by atoms with Crippen LogP contribution in [0.15, 0.2) is 16.6 Å². The Morgan fingerprint density at radius 3 is 3.28 bits per heavy atom. The molecule has 1 heterocycles. The molecule has 4 N–H and O–H groups in total. The molecule has 1 atom stereocenters. The van der Waals surface area contributed by atoms with Gasteiger partial charge in [0.15, 0.2) is 0 Å². The molecule has 1 aliphatic carbocycles. The van der Waals surface area contributed by atoms with Gasteiger partial charge in [0.1, 0.15) is 5.84 Å². The molecular formula is C13H21N3OS. The minimum Gasteiger partial charge on any atom is -0.409 e. The molecule has 4 nitrogen and oxygen atoms in total. The summed E-state index contributed by atoms with van der Waals surface area (Å²) < 4.78 is 0. The van der Waals surface area contributed by atoms with Crippen molar-refractivity contribution in [2.45, 2.75) is 44.6 Å². The van der Waals surface area contributed by atoms with Gasteiger partial charge in [0.05, 0.1) is 0 Å². The zero-order chi connectivity index (χ0) is 12.8. The smallest absolute Gasteiger partial charge is 0.139 e. The normalized spacial score (nSPS) is 19.8. The molecular weight excluding hydrogens is 246 g/mol. The fourth-order valence-electron chi connectivity index (χ4n) is 2.46. The Labute approximate surface area is 112 Å². The standard InChI is InChI=1S/C13H21N3OS/c14-13(16-17)6-1-2-8-15-11-4-3-5-12-10(11)7-9-18-12/h7,9,11,15,17H,1-6,8H2,(H2,14,16). The molecule has 0 radical (unpaired) electrons. The lowest BCUT2D eigenvalue weighted by molar-refractivity contribution is 0.316. The van der Waals surface area contributed by atoms with Crippen molar-refractivity contribution in [1.29, 1.82) is 0 Å². The average molecular weight is 267 g/mol. The van der Waals surface area contributed by atoms with Crippen LogP contribution in [0.3, 0.4) is 0 Å². The highest BCUT2D eigenvalue weighted by Crippen LogP contribution is 2.33. The summed E-state index contributed by atoms with van der Waals surface area (Å²) >= 11 is 1.88. The summed E-state index contributed by atoms with van der Waals surface area (Å²) in [4.78, 5) is 1.55. The first-order valence-corrected chi connectivity index (χ1v) is 7.45. The first kappa shape index (κ1) is 13.4. The molecule has 1 aromatic rings. The van der Waals surface area contributed by atoms with E-state index in [4.69, 9.17) is 10.9 Å². The molecule has 1 aromatic heterocycles. The molecule has 2 rings (SSSR count). The third kappa shape index (κ3) is 3.46. The summed E-state index contributed by atoms with van der Waals surface area (Å²) in [6, 6.07) is 2.79. The maximum absolute atomic E-state index is 8.43. The van der Waals surface area contributed by atoms with E-state index in [9.17, 15) is 0 Å². The van der Waals surface area contributed by atoms with E-state index in [2.05, 4.69) is 21.9 Å². The monoisotopic (exact) mass is 267 g/mol. The van der Waals surface area contributed by atoms with Gasteiger partial charge in [0.2, 0.25) is 0 Å². The number of amidine groups is 1. The van der Waals surface area contributed by atoms with Gasteiger partial charge in [-0.15, -0.1) is 11.3 Å². The SMILES string of the molecule is NC(CCCCNC1CCCc2sccc21)=NO. The van der Waals surface area contributed by atoms with Crippen LogP contribution in [0.25, 0.3) is 0 Å². The van der Waals surface area contributed by atoms with E-state index in [1.807, 2.05) is 11.3 Å². The van der Waals surface area contributed by atoms with Crippen LogP contribution < -0.4 is 11.1 Å². The molecule has 0 fully saturated rings. The highest BCUT2D eigenvalue weighted by atomic mass is 32.1. The lowest BCUT2D eigenvalue weighted by Gasteiger charge is -2.23. The summed E-state index contributed by atoms with van der Waals surface area (Å²) in [5.41, 5.74) is 6.93. The zero-order valence-electron chi connectivity index (χ0n) is 10.6. The molecule has 5 heteroatoms. The van der Waals surface area contributed by atoms with Crippen molar-refractivity contribution in [3.8, 4) is 0 Å². The molecule has 0 saturated carbocycles. The van der Waals surface area contributed by atoms with Gasteiger partial charge in [-0.1, -0.05) is 5.16 Å². The minimum absolute atomic E-state index is 0.327. The molecule has 0 spiro atoms. The van der Waals surface area contributed by atoms with E-state index < -0.39 is 0 Å². The molecule has 1 unspecified atom stereocenters. The van der Waals surface area contributed by atoms with Crippen molar-refractivity contribution in [2.24, 2.45) is 10.9 Å². The lowest BCUT2D eigenvalue weighted by Crippen LogP contribution is -2.25. The highest BCUT2D eigenvalue weighted by Gasteiger charge is 2.20. The first-order chi connectivity index (χ1) is 8.81. The first-order valence-electron chi connectivity index (χ1n) is 6.57. The number of fused-ring (bicyclic) bond motifs is 1. The average Bonchev–Trinajstić information content (AvgIpc) is 2.87. The minimum atomic E-state index is 0.327. The fraction of sp³-hybridized carbons (Fsp3) is 0.615. The van der Waals surface area contributed by atoms with Crippen molar-refractivity contribution in [3.63, 3.8) is 0 Å². The molecule has 0 saturated heterocycles. The molecule has 18 heavy (non-hydrogen) atoms. The Morgan fingerprint density at radius 1 is 1.56 bits per heavy atom. The number of nitrogens with zero attached hydrogens (tertiary/aromatic N) is 1. The van der Waals surface area contributed by atoms with Gasteiger partial charge in [-0.3, -0.25) is 0 Å². The fourth-order valence-corrected chi connectivity index (χ4v) is 3.44. The van der Waals surface area contributed by atoms with Gasteiger partial charge in [-0.2, -0.15) is 0 Å². The molecule has 0 bridgehead atoms. The highest BCUT2D eigenvalue weighted by molar-refractivity contribution is 7.10. The van der Waals surface area contributed by atoms with Crippen molar-refractivity contribution in [1.82, 2.24) is 5.32 Å². The predicted octanol–water partition coefficient (Wildman–Crippen LogP) is 2.63. The van der Waals surface area contributed by atoms with Crippen molar-refractivity contribution in [3.05, 3.63) is 21.9 Å². The molecule has 1 aliphatic rings. The van der Waals surface area contributed by atoms with Crippen LogP contribution in [0.5, 0.6) is 0 Å². The summed E-state index contributed by atoms with van der Waals surface area (Å²) in [7, 11) is 0. The van der Waals surface area contributed by atoms with Crippen LogP contribution in [0, 0.1) is 0 Å². The topological polar surface area (TPSA) is 70.6 Å². The number of oxime groups is 1. The Morgan fingerprint density at radius 2 is 2.44 bits per heavy atom. The number of hydrogen-bond donors (Lipinski definition) is 3. The second kappa shape index (κ2) is 6.75. The molecule has 100 valence electrons. The number of rotatable bonds is 6. The number of thiophene rings is 1. The zero-order valence-corrected chi connectivity index (χ0v) is 11.4. The van der Waals surface area contributed by atoms with Gasteiger partial charge in [-0.05, 0) is 55.7 Å². The Balaban J connectivity index is 1.69. The maximum Gasteiger partial charge on any atom is 0.139 e. The summed E-state index contributed by atoms with van der Waals surface area (Å²) in [6.07, 6.45) is 6.47. The Hall–Kier alpha value is -1.07. The molecule has 0 aromatic carbocycles. The van der Waals surface area contributed by atoms with Crippen LogP contribution in [-0.2, 0) is 6.42 Å². The van der Waals surface area contributed by atoms with Gasteiger partial charge in [0, 0.05) is 17.3 Å². The van der Waals surface area contributed by atoms with Crippen molar-refractivity contribution < 1.29 is 5.21 Å². The van der Waals surface area contributed by atoms with Gasteiger partial charge >= 0.3 is 0 Å². The molecule has 0 amide bonds. The number of aryl methyl sites for hydroxylation is 1. The van der Waals surface area contributed by atoms with E-state index in [0.29, 0.717) is 18.3 Å². The van der Waals surface area contributed by atoms with Gasteiger partial charge in [0.25, 0.3) is 0 Å². The van der Waals surface area contributed by atoms with E-state index in [-0.39, 0.29) is 0 Å². The third-order valence-corrected chi connectivity index (χ3v) is 4.43. The Bertz CT molecular complexity index is 403. The van der Waals surface area contributed by atoms with Crippen molar-refractivity contribution >= 4 is 17.2 Å². The van der Waals surface area contributed by atoms with Crippen LogP contribution in [0.4, 0.5) is 0 Å². The van der Waals surface area contributed by atoms with E-state index in [1.54, 1.807) is 4.88 Å². The summed E-state index contributed by atoms with van der Waals surface area (Å²) in [6.45, 7) is 0.999. The van der Waals surface area contributed by atoms with Crippen molar-refractivity contribution in [2.75, 3.05) is 6.54 Å². The van der Waals surface area contributed by atoms with Gasteiger partial charge < -0.3 is 16.3 Å². The van der Waals surface area contributed by atoms with Gasteiger partial charge in [-0.25, -0.2) is 0 Å². The lowest BCUT2D eigenvalue weighted by atomic mass is 9.94. The number of nitrogens with two attached hydrogens (primary N) is 1. The third-order valence-electron chi connectivity index (χ3n) is 3.43. The van der Waals surface area contributed by atoms with E-state index >= 15 is 0 Å². The number of hydrogen-bond acceptors (Lipinski definition) is 4. The quantitative estimate of drug-likeness (QED) is 0.244. The Kier molecular flexibility index (Phi) is 5.01. The van der Waals surface area contributed by atoms with Crippen LogP contribution in [0.2, 0.25) is 0 Å². The summed E-state index contributed by atoms with van der Waals surface area (Å²) in [5, 5.41) is 17.2. The number of nitrogens with one attached hydrogen (secondary N) is 1. The second-order valence-electron chi connectivity index (χ2n) is 4.75. The van der Waals surface area contributed by atoms with Crippen LogP contribution >= 0.6 is 11.3 Å². The predicted molar refractivity (Wildman–Crippen MR) is 75.3 cm³/mol. The van der Waals surface area contributed by atoms with Crippen LogP contribution in [-0.4, -0.2) is 17.6 Å². The summed E-state index contributed by atoms with van der Waals surface area (Å²) in [5.74, 6) is 0.327. The molecule has 0 aliphatic heterocycles. The second-order valence-corrected chi connectivity index (χ2v) is 5.75. The number of unbranched alkanes of at least 4 members (excludes halogenated alkanes) is 1.